The van der Waals surface area contributed by atoms with E-state index in [1.165, 1.54) is 89.5 Å². The Morgan fingerprint density at radius 3 is 1.00 bits per heavy atom. The van der Waals surface area contributed by atoms with Gasteiger partial charge in [0, 0.05) is 34.1 Å². The molecule has 0 aliphatic carbocycles. The summed E-state index contributed by atoms with van der Waals surface area (Å²) < 4.78 is 0. The van der Waals surface area contributed by atoms with Gasteiger partial charge in [0.1, 0.15) is 0 Å². The Labute approximate surface area is 356 Å². The lowest BCUT2D eigenvalue weighted by Gasteiger charge is -2.45. The molecule has 0 unspecified atom stereocenters. The summed E-state index contributed by atoms with van der Waals surface area (Å²) in [4.78, 5) is 5.20. The van der Waals surface area contributed by atoms with Crippen molar-refractivity contribution in [1.82, 2.24) is 0 Å². The Hall–Kier alpha value is -5.02. The monoisotopic (exact) mass is 777 g/mol. The van der Waals surface area contributed by atoms with Gasteiger partial charge in [0.2, 0.25) is 0 Å². The van der Waals surface area contributed by atoms with Crippen LogP contribution in [0.1, 0.15) is 132 Å². The molecule has 3 heteroatoms. The van der Waals surface area contributed by atoms with Gasteiger partial charge in [-0.15, -0.1) is 0 Å². The SMILES string of the molecule is CC(C)(C)c1ccc(-c2cc3c4c(c2)N(c2cc(C(C)(C)C)cc(C(C)(C)C)c2)c2ccccc2B4c2ccccc2N3c2cc(C(C)(C)C)cc(C(C)(C)C)c2)cc1. The van der Waals surface area contributed by atoms with E-state index in [4.69, 9.17) is 0 Å². The Kier molecular flexibility index (Phi) is 9.51. The zero-order valence-electron chi connectivity index (χ0n) is 38.5. The highest BCUT2D eigenvalue weighted by atomic mass is 15.2. The number of nitrogens with zero attached hydrogens (tertiary/aromatic N) is 2. The van der Waals surface area contributed by atoms with Crippen LogP contribution >= 0.6 is 0 Å². The Morgan fingerprint density at radius 1 is 0.322 bits per heavy atom. The quantitative estimate of drug-likeness (QED) is 0.165. The predicted octanol–water partition coefficient (Wildman–Crippen LogP) is 13.9. The van der Waals surface area contributed by atoms with Crippen molar-refractivity contribution in [2.75, 3.05) is 9.80 Å². The fourth-order valence-electron chi connectivity index (χ4n) is 9.00. The Balaban J connectivity index is 1.51. The lowest BCUT2D eigenvalue weighted by atomic mass is 9.33. The summed E-state index contributed by atoms with van der Waals surface area (Å²) in [5.74, 6) is 0. The molecule has 0 atom stereocenters. The zero-order chi connectivity index (χ0) is 42.6. The van der Waals surface area contributed by atoms with Crippen LogP contribution in [-0.2, 0) is 27.1 Å². The summed E-state index contributed by atoms with van der Waals surface area (Å²) in [6.45, 7) is 35.1. The van der Waals surface area contributed by atoms with E-state index in [1.54, 1.807) is 0 Å². The van der Waals surface area contributed by atoms with Gasteiger partial charge in [0.05, 0.1) is 0 Å². The molecule has 0 spiro atoms. The summed E-state index contributed by atoms with van der Waals surface area (Å²) in [6.07, 6.45) is 0. The van der Waals surface area contributed by atoms with Gasteiger partial charge in [-0.25, -0.2) is 0 Å². The lowest BCUT2D eigenvalue weighted by molar-refractivity contribution is 0.568. The molecule has 0 saturated heterocycles. The molecule has 6 aromatic rings. The van der Waals surface area contributed by atoms with Gasteiger partial charge in [-0.2, -0.15) is 0 Å². The zero-order valence-corrected chi connectivity index (χ0v) is 38.5. The predicted molar refractivity (Wildman–Crippen MR) is 259 cm³/mol. The third kappa shape index (κ3) is 7.34. The van der Waals surface area contributed by atoms with Gasteiger partial charge in [-0.1, -0.05) is 177 Å². The molecule has 2 aliphatic heterocycles. The molecule has 0 radical (unpaired) electrons. The van der Waals surface area contributed by atoms with Crippen LogP contribution in [0.4, 0.5) is 34.1 Å². The van der Waals surface area contributed by atoms with Crippen molar-refractivity contribution in [2.24, 2.45) is 0 Å². The normalized spacial score (nSPS) is 14.3. The summed E-state index contributed by atoms with van der Waals surface area (Å²) in [5, 5.41) is 0. The number of fused-ring (bicyclic) bond motifs is 4. The molecule has 302 valence electrons. The first-order chi connectivity index (χ1) is 27.4. The third-order valence-electron chi connectivity index (χ3n) is 12.8. The molecule has 0 fully saturated rings. The van der Waals surface area contributed by atoms with E-state index >= 15 is 0 Å². The number of para-hydroxylation sites is 2. The van der Waals surface area contributed by atoms with Crippen LogP contribution in [0.5, 0.6) is 0 Å². The Morgan fingerprint density at radius 2 is 0.661 bits per heavy atom. The van der Waals surface area contributed by atoms with Crippen LogP contribution in [0, 0.1) is 0 Å². The number of rotatable bonds is 3. The van der Waals surface area contributed by atoms with E-state index in [2.05, 4.69) is 235 Å². The molecule has 6 aromatic carbocycles. The average molecular weight is 777 g/mol. The van der Waals surface area contributed by atoms with Crippen molar-refractivity contribution >= 4 is 57.2 Å². The first-order valence-corrected chi connectivity index (χ1v) is 21.8. The highest BCUT2D eigenvalue weighted by Crippen LogP contribution is 2.48. The molecule has 8 rings (SSSR count). The van der Waals surface area contributed by atoms with Crippen LogP contribution in [0.25, 0.3) is 11.1 Å². The van der Waals surface area contributed by atoms with Gasteiger partial charge in [-0.3, -0.25) is 0 Å². The van der Waals surface area contributed by atoms with Crippen LogP contribution in [-0.4, -0.2) is 6.71 Å². The minimum Gasteiger partial charge on any atom is -0.311 e. The van der Waals surface area contributed by atoms with Crippen LogP contribution in [0.2, 0.25) is 0 Å². The largest absolute Gasteiger partial charge is 0.311 e. The molecule has 0 aromatic heterocycles. The fourth-order valence-corrected chi connectivity index (χ4v) is 9.00. The maximum atomic E-state index is 2.60. The van der Waals surface area contributed by atoms with Crippen molar-refractivity contribution < 1.29 is 0 Å². The molecule has 2 nitrogen and oxygen atoms in total. The standard InChI is InChI=1S/C56H65BN2/c1-52(2,3)38-26-24-36(25-27-38)37-28-49-51-50(29-37)59(44-34-41(55(10,11)12)31-42(35-44)56(13,14)15)48-23-19-17-21-46(48)57(51)45-20-16-18-22-47(45)58(49)43-32-39(53(4,5)6)30-40(33-43)54(7,8)9/h16-35H,1-15H3. The summed E-state index contributed by atoms with van der Waals surface area (Å²) in [6, 6.07) is 47.4. The first kappa shape index (κ1) is 40.8. The van der Waals surface area contributed by atoms with E-state index < -0.39 is 0 Å². The van der Waals surface area contributed by atoms with Crippen LogP contribution in [0.3, 0.4) is 0 Å². The first-order valence-electron chi connectivity index (χ1n) is 21.8. The van der Waals surface area contributed by atoms with Gasteiger partial charge in [0.25, 0.3) is 6.71 Å². The fraction of sp³-hybridized carbons (Fsp3) is 0.357. The molecule has 0 bridgehead atoms. The number of hydrogen-bond donors (Lipinski definition) is 0. The second-order valence-corrected chi connectivity index (χ2v) is 22.5. The van der Waals surface area contributed by atoms with E-state index in [1.807, 2.05) is 0 Å². The van der Waals surface area contributed by atoms with Crippen molar-refractivity contribution in [3.8, 4) is 11.1 Å². The smallest absolute Gasteiger partial charge is 0.252 e. The second kappa shape index (κ2) is 13.8. The maximum absolute atomic E-state index is 2.60. The minimum atomic E-state index is -0.0253. The van der Waals surface area contributed by atoms with E-state index in [0.717, 1.165) is 0 Å². The second-order valence-electron chi connectivity index (χ2n) is 22.5. The van der Waals surface area contributed by atoms with E-state index in [9.17, 15) is 0 Å². The van der Waals surface area contributed by atoms with Crippen LogP contribution < -0.4 is 26.2 Å². The van der Waals surface area contributed by atoms with Crippen molar-refractivity contribution in [3.63, 3.8) is 0 Å². The molecule has 0 amide bonds. The molecule has 2 aliphatic rings. The minimum absolute atomic E-state index is 0.0253. The molecule has 0 saturated carbocycles. The topological polar surface area (TPSA) is 6.48 Å². The van der Waals surface area contributed by atoms with Crippen molar-refractivity contribution in [1.29, 1.82) is 0 Å². The highest BCUT2D eigenvalue weighted by Gasteiger charge is 2.44. The van der Waals surface area contributed by atoms with Gasteiger partial charge in [-0.05, 0) is 131 Å². The summed E-state index contributed by atoms with van der Waals surface area (Å²) >= 11 is 0. The summed E-state index contributed by atoms with van der Waals surface area (Å²) in [7, 11) is 0. The average Bonchev–Trinajstić information content (AvgIpc) is 3.15. The van der Waals surface area contributed by atoms with Crippen molar-refractivity contribution in [3.05, 3.63) is 149 Å². The highest BCUT2D eigenvalue weighted by molar-refractivity contribution is 7.00. The molecular weight excluding hydrogens is 711 g/mol. The molecule has 2 heterocycles. The van der Waals surface area contributed by atoms with Crippen molar-refractivity contribution in [2.45, 2.75) is 131 Å². The molecular formula is C56H65BN2. The number of benzene rings is 6. The molecule has 59 heavy (non-hydrogen) atoms. The van der Waals surface area contributed by atoms with Crippen LogP contribution in [0.15, 0.2) is 121 Å². The maximum Gasteiger partial charge on any atom is 0.252 e. The third-order valence-corrected chi connectivity index (χ3v) is 12.8. The summed E-state index contributed by atoms with van der Waals surface area (Å²) in [5.41, 5.74) is 20.6. The van der Waals surface area contributed by atoms with E-state index in [-0.39, 0.29) is 33.8 Å². The lowest BCUT2D eigenvalue weighted by Crippen LogP contribution is -2.61. The Bertz CT molecular complexity index is 2360. The number of hydrogen-bond acceptors (Lipinski definition) is 2. The van der Waals surface area contributed by atoms with Gasteiger partial charge >= 0.3 is 0 Å². The van der Waals surface area contributed by atoms with E-state index in [0.29, 0.717) is 0 Å². The van der Waals surface area contributed by atoms with Gasteiger partial charge in [0.15, 0.2) is 0 Å². The van der Waals surface area contributed by atoms with Gasteiger partial charge < -0.3 is 9.80 Å². The number of anilines is 6. The molecule has 0 N–H and O–H groups in total.